The number of carbonyl (C=O) groups is 6. The Kier molecular flexibility index (Phi) is 8.12. The lowest BCUT2D eigenvalue weighted by Gasteiger charge is -2.57. The first-order valence-corrected chi connectivity index (χ1v) is 14.0. The molecular formula is C29H39NO10. The van der Waals surface area contributed by atoms with Gasteiger partial charge in [-0.2, -0.15) is 0 Å². The maximum atomic E-state index is 13.7. The number of Topliss-reactive ketones (excluding diaryl/α,β-unsaturated/α-hetero) is 2. The second kappa shape index (κ2) is 10.8. The third-order valence-corrected chi connectivity index (χ3v) is 10.3. The number of aliphatic hydroxyl groups excluding tert-OH is 1. The van der Waals surface area contributed by atoms with Crippen molar-refractivity contribution in [3.8, 4) is 0 Å². The summed E-state index contributed by atoms with van der Waals surface area (Å²) in [5.74, 6) is -4.01. The van der Waals surface area contributed by atoms with Crippen molar-refractivity contribution in [3.63, 3.8) is 0 Å². The first-order chi connectivity index (χ1) is 18.6. The van der Waals surface area contributed by atoms with Gasteiger partial charge in [-0.15, -0.1) is 0 Å². The maximum absolute atomic E-state index is 13.7. The fourth-order valence-electron chi connectivity index (χ4n) is 8.03. The second-order valence-corrected chi connectivity index (χ2v) is 12.5. The van der Waals surface area contributed by atoms with Gasteiger partial charge in [-0.1, -0.05) is 19.4 Å². The van der Waals surface area contributed by atoms with E-state index in [4.69, 9.17) is 9.84 Å². The molecule has 0 saturated heterocycles. The highest BCUT2D eigenvalue weighted by atomic mass is 16.5. The van der Waals surface area contributed by atoms with Gasteiger partial charge in [0.2, 0.25) is 11.7 Å². The molecule has 0 unspecified atom stereocenters. The molecule has 220 valence electrons. The van der Waals surface area contributed by atoms with Gasteiger partial charge in [0.05, 0.1) is 12.5 Å². The van der Waals surface area contributed by atoms with Gasteiger partial charge in [-0.05, 0) is 62.4 Å². The highest BCUT2D eigenvalue weighted by Crippen LogP contribution is 2.66. The smallest absolute Gasteiger partial charge is 0.328 e. The number of aliphatic hydroxyl groups is 2. The molecule has 3 fully saturated rings. The number of ether oxygens (including phenoxy) is 1. The average molecular weight is 562 g/mol. The molecule has 3 saturated carbocycles. The zero-order valence-corrected chi connectivity index (χ0v) is 23.2. The van der Waals surface area contributed by atoms with Crippen LogP contribution in [-0.4, -0.2) is 74.9 Å². The Hall–Kier alpha value is -2.92. The molecule has 0 radical (unpaired) electrons. The van der Waals surface area contributed by atoms with Crippen LogP contribution < -0.4 is 5.32 Å². The molecule has 0 heterocycles. The predicted octanol–water partition coefficient (Wildman–Crippen LogP) is 1.27. The van der Waals surface area contributed by atoms with Crippen LogP contribution in [0.3, 0.4) is 0 Å². The summed E-state index contributed by atoms with van der Waals surface area (Å²) < 4.78 is 5.07. The number of rotatable bonds is 9. The number of ketones is 3. The number of hydrogen-bond donors (Lipinski definition) is 4. The number of fused-ring (bicyclic) bond motifs is 5. The summed E-state index contributed by atoms with van der Waals surface area (Å²) >= 11 is 0. The molecule has 40 heavy (non-hydrogen) atoms. The lowest BCUT2D eigenvalue weighted by atomic mass is 9.46. The first-order valence-electron chi connectivity index (χ1n) is 14.0. The summed E-state index contributed by atoms with van der Waals surface area (Å²) in [5.41, 5.74) is -2.21. The first kappa shape index (κ1) is 30.0. The molecule has 0 bridgehead atoms. The van der Waals surface area contributed by atoms with E-state index in [1.807, 2.05) is 0 Å². The van der Waals surface area contributed by atoms with Crippen molar-refractivity contribution in [1.82, 2.24) is 5.32 Å². The molecule has 0 aliphatic heterocycles. The highest BCUT2D eigenvalue weighted by Gasteiger charge is 2.68. The number of esters is 1. The van der Waals surface area contributed by atoms with Crippen LogP contribution in [0.25, 0.3) is 0 Å². The van der Waals surface area contributed by atoms with Gasteiger partial charge < -0.3 is 25.4 Å². The zero-order chi connectivity index (χ0) is 29.6. The van der Waals surface area contributed by atoms with Gasteiger partial charge in [0.1, 0.15) is 11.4 Å². The summed E-state index contributed by atoms with van der Waals surface area (Å²) in [6.45, 7) is 4.35. The topological polar surface area (TPSA) is 184 Å². The van der Waals surface area contributed by atoms with Crippen LogP contribution in [0.5, 0.6) is 0 Å². The Morgan fingerprint density at radius 1 is 1.10 bits per heavy atom. The molecule has 8 atom stereocenters. The van der Waals surface area contributed by atoms with Crippen molar-refractivity contribution in [2.45, 2.75) is 96.3 Å². The largest absolute Gasteiger partial charge is 0.480 e. The molecule has 4 aliphatic carbocycles. The molecule has 11 heteroatoms. The fourth-order valence-corrected chi connectivity index (χ4v) is 8.03. The number of nitrogens with one attached hydrogen (secondary N) is 1. The summed E-state index contributed by atoms with van der Waals surface area (Å²) in [4.78, 5) is 74.4. The summed E-state index contributed by atoms with van der Waals surface area (Å²) in [6.07, 6.45) is 2.73. The number of carboxylic acid groups (broad SMARTS) is 1. The van der Waals surface area contributed by atoms with Gasteiger partial charge >= 0.3 is 11.9 Å². The van der Waals surface area contributed by atoms with Crippen LogP contribution in [0.4, 0.5) is 0 Å². The number of carboxylic acids is 1. The minimum atomic E-state index is -1.85. The van der Waals surface area contributed by atoms with Crippen LogP contribution in [0.2, 0.25) is 0 Å². The highest BCUT2D eigenvalue weighted by molar-refractivity contribution is 5.95. The van der Waals surface area contributed by atoms with E-state index in [1.165, 1.54) is 6.92 Å². The summed E-state index contributed by atoms with van der Waals surface area (Å²) in [6, 6.07) is -1.52. The quantitative estimate of drug-likeness (QED) is 0.299. The third-order valence-electron chi connectivity index (χ3n) is 10.3. The van der Waals surface area contributed by atoms with Gasteiger partial charge in [-0.3, -0.25) is 24.0 Å². The normalized spacial score (nSPS) is 36.3. The van der Waals surface area contributed by atoms with Crippen molar-refractivity contribution < 1.29 is 48.8 Å². The average Bonchev–Trinajstić information content (AvgIpc) is 3.15. The van der Waals surface area contributed by atoms with Gasteiger partial charge in [0.15, 0.2) is 18.4 Å². The Balaban J connectivity index is 1.38. The fraction of sp³-hybridized carbons (Fsp3) is 0.724. The maximum Gasteiger partial charge on any atom is 0.328 e. The van der Waals surface area contributed by atoms with Crippen LogP contribution in [0.15, 0.2) is 11.6 Å². The molecule has 11 nitrogen and oxygen atoms in total. The van der Waals surface area contributed by atoms with E-state index in [1.54, 1.807) is 13.0 Å². The molecule has 4 rings (SSSR count). The van der Waals surface area contributed by atoms with E-state index in [9.17, 15) is 39.0 Å². The third kappa shape index (κ3) is 5.02. The zero-order valence-electron chi connectivity index (χ0n) is 23.2. The standard InChI is InChI=1S/C29H39NO10/c1-15(31)25(26(37)38)30-22(35)6-7-23(36)40-14-21(34)29(39)11-9-19-18-5-4-16-12-17(32)8-10-27(16,2)24(18)20(33)13-28(19,29)3/h12,15,18-19,24-25,31,39H,4-11,13-14H2,1-3H3,(H,30,35)(H,37,38)/t15-,18-,19+,24-,25-,27-,28-,29-/m0/s1. The minimum Gasteiger partial charge on any atom is -0.480 e. The predicted molar refractivity (Wildman–Crippen MR) is 138 cm³/mol. The summed E-state index contributed by atoms with van der Waals surface area (Å²) in [7, 11) is 0. The molecular weight excluding hydrogens is 522 g/mol. The SMILES string of the molecule is C[C@H](O)[C@H](NC(=O)CCC(=O)OCC(=O)[C@@]1(O)CC[C@@H]2[C@@H]3CCC4=CC(=O)CC[C@]4(C)[C@@H]3C(=O)C[C@@]21C)C(=O)O. The Labute approximate surface area is 232 Å². The molecule has 0 aromatic carbocycles. The number of aliphatic carboxylic acids is 1. The van der Waals surface area contributed by atoms with Crippen LogP contribution in [0.1, 0.15) is 78.6 Å². The lowest BCUT2D eigenvalue weighted by molar-refractivity contribution is -0.173. The minimum absolute atomic E-state index is 0.000746. The molecule has 0 aromatic rings. The lowest BCUT2D eigenvalue weighted by Crippen LogP contribution is -2.61. The van der Waals surface area contributed by atoms with E-state index in [0.717, 1.165) is 5.57 Å². The van der Waals surface area contributed by atoms with Gasteiger partial charge in [-0.25, -0.2) is 4.79 Å². The van der Waals surface area contributed by atoms with E-state index >= 15 is 0 Å². The van der Waals surface area contributed by atoms with Gasteiger partial charge in [0.25, 0.3) is 0 Å². The van der Waals surface area contributed by atoms with Crippen molar-refractivity contribution in [3.05, 3.63) is 11.6 Å². The number of carbonyl (C=O) groups excluding carboxylic acids is 5. The summed E-state index contributed by atoms with van der Waals surface area (Å²) in [5, 5.41) is 32.3. The second-order valence-electron chi connectivity index (χ2n) is 12.5. The molecule has 4 aliphatic rings. The van der Waals surface area contributed by atoms with Crippen molar-refractivity contribution in [2.75, 3.05) is 6.61 Å². The van der Waals surface area contributed by atoms with Crippen molar-refractivity contribution in [1.29, 1.82) is 0 Å². The molecule has 0 spiro atoms. The molecule has 1 amide bonds. The molecule has 4 N–H and O–H groups in total. The number of hydrogen-bond acceptors (Lipinski definition) is 9. The van der Waals surface area contributed by atoms with Gasteiger partial charge in [0, 0.05) is 30.6 Å². The van der Waals surface area contributed by atoms with E-state index in [-0.39, 0.29) is 47.6 Å². The van der Waals surface area contributed by atoms with Crippen LogP contribution in [0, 0.1) is 28.6 Å². The van der Waals surface area contributed by atoms with E-state index < -0.39 is 66.2 Å². The van der Waals surface area contributed by atoms with Crippen molar-refractivity contribution >= 4 is 35.2 Å². The molecule has 0 aromatic heterocycles. The number of amides is 1. The van der Waals surface area contributed by atoms with Crippen molar-refractivity contribution in [2.24, 2.45) is 28.6 Å². The van der Waals surface area contributed by atoms with Crippen LogP contribution >= 0.6 is 0 Å². The number of allylic oxidation sites excluding steroid dienone is 1. The Morgan fingerprint density at radius 2 is 1.80 bits per heavy atom. The monoisotopic (exact) mass is 561 g/mol. The van der Waals surface area contributed by atoms with E-state index in [2.05, 4.69) is 12.2 Å². The Morgan fingerprint density at radius 3 is 2.45 bits per heavy atom. The van der Waals surface area contributed by atoms with Crippen LogP contribution in [-0.2, 0) is 33.5 Å². The van der Waals surface area contributed by atoms with E-state index in [0.29, 0.717) is 32.1 Å². The Bertz CT molecular complexity index is 1160.